The van der Waals surface area contributed by atoms with Crippen LogP contribution >= 0.6 is 0 Å². The Labute approximate surface area is 124 Å². The monoisotopic (exact) mass is 280 g/mol. The van der Waals surface area contributed by atoms with Crippen molar-refractivity contribution in [3.63, 3.8) is 0 Å². The van der Waals surface area contributed by atoms with Crippen LogP contribution in [0.3, 0.4) is 0 Å². The molecule has 2 unspecified atom stereocenters. The van der Waals surface area contributed by atoms with Crippen LogP contribution in [-0.4, -0.2) is 22.4 Å². The largest absolute Gasteiger partial charge is 0.374 e. The minimum Gasteiger partial charge on any atom is -0.374 e. The van der Waals surface area contributed by atoms with Crippen LogP contribution in [0.2, 0.25) is 0 Å². The van der Waals surface area contributed by atoms with Gasteiger partial charge in [-0.1, -0.05) is 44.8 Å². The Hall–Kier alpha value is -0.960. The zero-order valence-electron chi connectivity index (χ0n) is 13.2. The molecule has 0 bridgehead atoms. The quantitative estimate of drug-likeness (QED) is 0.441. The first-order valence-corrected chi connectivity index (χ1v) is 8.29. The van der Waals surface area contributed by atoms with Crippen molar-refractivity contribution in [3.8, 4) is 0 Å². The highest BCUT2D eigenvalue weighted by Crippen LogP contribution is 2.14. The molecule has 2 N–H and O–H groups in total. The number of aliphatic hydroxyl groups is 1. The van der Waals surface area contributed by atoms with Crippen molar-refractivity contribution >= 4 is 0 Å². The molecular weight excluding hydrogens is 248 g/mol. The second-order valence-electron chi connectivity index (χ2n) is 5.68. The van der Waals surface area contributed by atoms with E-state index in [1.807, 2.05) is 24.2 Å². The summed E-state index contributed by atoms with van der Waals surface area (Å²) in [7, 11) is 0. The molecule has 3 heteroatoms. The maximum absolute atomic E-state index is 9.60. The van der Waals surface area contributed by atoms with Gasteiger partial charge in [-0.3, -0.25) is 0 Å². The van der Waals surface area contributed by atoms with Gasteiger partial charge < -0.3 is 15.3 Å². The van der Waals surface area contributed by atoms with Gasteiger partial charge >= 0.3 is 0 Å². The van der Waals surface area contributed by atoms with Gasteiger partial charge in [0.05, 0.1) is 0 Å². The van der Waals surface area contributed by atoms with E-state index in [0.29, 0.717) is 0 Å². The van der Waals surface area contributed by atoms with Crippen LogP contribution in [0.25, 0.3) is 0 Å². The summed E-state index contributed by atoms with van der Waals surface area (Å²) in [5, 5.41) is 12.9. The summed E-state index contributed by atoms with van der Waals surface area (Å²) in [6.07, 6.45) is 19.7. The van der Waals surface area contributed by atoms with Crippen LogP contribution in [0.15, 0.2) is 24.6 Å². The fourth-order valence-electron chi connectivity index (χ4n) is 2.58. The van der Waals surface area contributed by atoms with E-state index in [0.717, 1.165) is 19.3 Å². The summed E-state index contributed by atoms with van der Waals surface area (Å²) in [6, 6.07) is 0. The van der Waals surface area contributed by atoms with Gasteiger partial charge in [0.15, 0.2) is 0 Å². The Morgan fingerprint density at radius 2 is 1.85 bits per heavy atom. The minimum atomic E-state index is -0.412. The van der Waals surface area contributed by atoms with E-state index >= 15 is 0 Å². The lowest BCUT2D eigenvalue weighted by Crippen LogP contribution is -2.40. The Kier molecular flexibility index (Phi) is 9.22. The Bertz CT molecular complexity index is 287. The van der Waals surface area contributed by atoms with E-state index in [2.05, 4.69) is 24.4 Å². The van der Waals surface area contributed by atoms with Crippen molar-refractivity contribution in [1.29, 1.82) is 0 Å². The summed E-state index contributed by atoms with van der Waals surface area (Å²) in [5.41, 5.74) is 0. The number of rotatable bonds is 11. The second-order valence-corrected chi connectivity index (χ2v) is 5.68. The summed E-state index contributed by atoms with van der Waals surface area (Å²) in [6.45, 7) is 4.07. The number of unbranched alkanes of at least 4 members (excludes halogenated alkanes) is 6. The highest BCUT2D eigenvalue weighted by atomic mass is 16.3. The molecule has 0 aromatic carbocycles. The fraction of sp³-hybridized carbons (Fsp3) is 0.765. The predicted octanol–water partition coefficient (Wildman–Crippen LogP) is 4.11. The number of hydrogen-bond acceptors (Lipinski definition) is 3. The lowest BCUT2D eigenvalue weighted by atomic mass is 10.1. The minimum absolute atomic E-state index is 0.262. The fourth-order valence-corrected chi connectivity index (χ4v) is 2.58. The van der Waals surface area contributed by atoms with E-state index < -0.39 is 6.23 Å². The molecule has 0 saturated carbocycles. The highest BCUT2D eigenvalue weighted by Gasteiger charge is 2.20. The van der Waals surface area contributed by atoms with Gasteiger partial charge in [0, 0.05) is 12.4 Å². The van der Waals surface area contributed by atoms with Crippen molar-refractivity contribution in [1.82, 2.24) is 10.2 Å². The number of nitrogens with zero attached hydrogens (tertiary/aromatic N) is 1. The van der Waals surface area contributed by atoms with Crippen LogP contribution in [0.1, 0.15) is 71.6 Å². The summed E-state index contributed by atoms with van der Waals surface area (Å²) < 4.78 is 0. The SMILES string of the molecule is CCCCCCC/C=C/CCCC1NC=CN1C(C)O. The molecule has 0 aromatic heterocycles. The molecule has 0 amide bonds. The van der Waals surface area contributed by atoms with E-state index in [4.69, 9.17) is 0 Å². The average molecular weight is 280 g/mol. The zero-order valence-corrected chi connectivity index (χ0v) is 13.2. The van der Waals surface area contributed by atoms with Gasteiger partial charge in [-0.2, -0.15) is 0 Å². The zero-order chi connectivity index (χ0) is 14.6. The third kappa shape index (κ3) is 6.99. The van der Waals surface area contributed by atoms with Crippen molar-refractivity contribution in [2.45, 2.75) is 84.0 Å². The lowest BCUT2D eigenvalue weighted by molar-refractivity contribution is 0.0257. The summed E-state index contributed by atoms with van der Waals surface area (Å²) in [4.78, 5) is 1.97. The molecule has 116 valence electrons. The lowest BCUT2D eigenvalue weighted by Gasteiger charge is -2.27. The predicted molar refractivity (Wildman–Crippen MR) is 86.0 cm³/mol. The van der Waals surface area contributed by atoms with Crippen molar-refractivity contribution in [3.05, 3.63) is 24.6 Å². The van der Waals surface area contributed by atoms with Gasteiger partial charge in [0.25, 0.3) is 0 Å². The molecule has 1 rings (SSSR count). The molecular formula is C17H32N2O. The van der Waals surface area contributed by atoms with Crippen molar-refractivity contribution < 1.29 is 5.11 Å². The second kappa shape index (κ2) is 10.8. The smallest absolute Gasteiger partial charge is 0.125 e. The van der Waals surface area contributed by atoms with Crippen LogP contribution in [0, 0.1) is 0 Å². The van der Waals surface area contributed by atoms with Gasteiger partial charge in [0.1, 0.15) is 12.4 Å². The van der Waals surface area contributed by atoms with Crippen LogP contribution in [0.4, 0.5) is 0 Å². The van der Waals surface area contributed by atoms with Crippen LogP contribution < -0.4 is 5.32 Å². The maximum atomic E-state index is 9.60. The first kappa shape index (κ1) is 17.1. The van der Waals surface area contributed by atoms with Crippen LogP contribution in [0.5, 0.6) is 0 Å². The normalized spacial score (nSPS) is 19.8. The highest BCUT2D eigenvalue weighted by molar-refractivity contribution is 4.94. The first-order valence-electron chi connectivity index (χ1n) is 8.29. The van der Waals surface area contributed by atoms with E-state index in [1.165, 1.54) is 38.5 Å². The summed E-state index contributed by atoms with van der Waals surface area (Å²) in [5.74, 6) is 0. The molecule has 0 radical (unpaired) electrons. The Balaban J connectivity index is 1.96. The van der Waals surface area contributed by atoms with Crippen LogP contribution in [-0.2, 0) is 0 Å². The van der Waals surface area contributed by atoms with Crippen molar-refractivity contribution in [2.24, 2.45) is 0 Å². The number of aliphatic hydroxyl groups excluding tert-OH is 1. The van der Waals surface area contributed by atoms with Gasteiger partial charge in [-0.05, 0) is 39.0 Å². The molecule has 0 saturated heterocycles. The first-order chi connectivity index (χ1) is 9.75. The van der Waals surface area contributed by atoms with Gasteiger partial charge in [-0.25, -0.2) is 0 Å². The standard InChI is InChI=1S/C17H32N2O/c1-3-4-5-6-7-8-9-10-11-12-13-17-18-14-15-19(17)16(2)20/h9-10,14-18,20H,3-8,11-13H2,1-2H3/b10-9+. The van der Waals surface area contributed by atoms with E-state index in [9.17, 15) is 5.11 Å². The number of hydrogen-bond donors (Lipinski definition) is 2. The van der Waals surface area contributed by atoms with E-state index in [-0.39, 0.29) is 6.17 Å². The number of allylic oxidation sites excluding steroid dienone is 2. The Morgan fingerprint density at radius 1 is 1.15 bits per heavy atom. The molecule has 1 aliphatic rings. The molecule has 2 atom stereocenters. The van der Waals surface area contributed by atoms with Gasteiger partial charge in [0.2, 0.25) is 0 Å². The number of nitrogens with one attached hydrogen (secondary N) is 1. The molecule has 20 heavy (non-hydrogen) atoms. The molecule has 1 heterocycles. The molecule has 0 fully saturated rings. The third-order valence-corrected chi connectivity index (χ3v) is 3.82. The molecule has 1 aliphatic heterocycles. The maximum Gasteiger partial charge on any atom is 0.125 e. The van der Waals surface area contributed by atoms with Crippen molar-refractivity contribution in [2.75, 3.05) is 0 Å². The molecule has 0 aliphatic carbocycles. The summed E-state index contributed by atoms with van der Waals surface area (Å²) >= 11 is 0. The van der Waals surface area contributed by atoms with E-state index in [1.54, 1.807) is 0 Å². The molecule has 0 spiro atoms. The molecule has 0 aromatic rings. The third-order valence-electron chi connectivity index (χ3n) is 3.82. The molecule has 3 nitrogen and oxygen atoms in total. The topological polar surface area (TPSA) is 35.5 Å². The Morgan fingerprint density at radius 3 is 2.55 bits per heavy atom. The van der Waals surface area contributed by atoms with Gasteiger partial charge in [-0.15, -0.1) is 0 Å². The average Bonchev–Trinajstić information content (AvgIpc) is 2.89.